The third-order valence-corrected chi connectivity index (χ3v) is 4.48. The van der Waals surface area contributed by atoms with Gasteiger partial charge in [-0.05, 0) is 38.5 Å². The van der Waals surface area contributed by atoms with Crippen molar-refractivity contribution in [1.82, 2.24) is 9.80 Å². The Hall–Kier alpha value is -1.26. The second-order valence-corrected chi connectivity index (χ2v) is 6.32. The summed E-state index contributed by atoms with van der Waals surface area (Å²) in [6.07, 6.45) is 2.69. The highest BCUT2D eigenvalue weighted by atomic mass is 16.4. The summed E-state index contributed by atoms with van der Waals surface area (Å²) < 4.78 is 0. The van der Waals surface area contributed by atoms with E-state index in [0.29, 0.717) is 25.3 Å². The van der Waals surface area contributed by atoms with E-state index in [0.717, 1.165) is 12.8 Å². The highest BCUT2D eigenvalue weighted by Crippen LogP contribution is 2.34. The monoisotopic (exact) mass is 284 g/mol. The molecule has 1 fully saturated rings. The van der Waals surface area contributed by atoms with E-state index >= 15 is 0 Å². The third kappa shape index (κ3) is 3.07. The van der Waals surface area contributed by atoms with Gasteiger partial charge in [-0.2, -0.15) is 0 Å². The zero-order valence-corrected chi connectivity index (χ0v) is 13.3. The molecule has 1 aliphatic heterocycles. The van der Waals surface area contributed by atoms with Crippen LogP contribution >= 0.6 is 0 Å². The lowest BCUT2D eigenvalue weighted by Gasteiger charge is -2.38. The standard InChI is InChI=1S/C15H28N2O3/c1-6-15(13(18)19)8-7-9-17(15)14(20)16(5)12(4)10-11(2)3/h11-12H,6-10H2,1-5H3,(H,18,19). The molecule has 20 heavy (non-hydrogen) atoms. The summed E-state index contributed by atoms with van der Waals surface area (Å²) in [4.78, 5) is 27.5. The van der Waals surface area contributed by atoms with Gasteiger partial charge in [-0.25, -0.2) is 9.59 Å². The van der Waals surface area contributed by atoms with Gasteiger partial charge >= 0.3 is 12.0 Å². The number of rotatable bonds is 5. The zero-order valence-electron chi connectivity index (χ0n) is 13.3. The summed E-state index contributed by atoms with van der Waals surface area (Å²) in [5, 5.41) is 9.54. The lowest BCUT2D eigenvalue weighted by atomic mass is 9.93. The van der Waals surface area contributed by atoms with Crippen LogP contribution in [0.25, 0.3) is 0 Å². The van der Waals surface area contributed by atoms with Gasteiger partial charge in [0, 0.05) is 19.6 Å². The van der Waals surface area contributed by atoms with E-state index in [2.05, 4.69) is 13.8 Å². The molecular weight excluding hydrogens is 256 g/mol. The Morgan fingerprint density at radius 1 is 1.35 bits per heavy atom. The van der Waals surface area contributed by atoms with E-state index in [1.54, 1.807) is 16.8 Å². The molecule has 5 heteroatoms. The fourth-order valence-corrected chi connectivity index (χ4v) is 3.12. The van der Waals surface area contributed by atoms with Crippen LogP contribution in [0.4, 0.5) is 4.79 Å². The molecule has 2 unspecified atom stereocenters. The molecule has 0 saturated carbocycles. The van der Waals surface area contributed by atoms with Gasteiger partial charge in [0.2, 0.25) is 0 Å². The molecule has 1 N–H and O–H groups in total. The van der Waals surface area contributed by atoms with Crippen LogP contribution in [0.15, 0.2) is 0 Å². The number of carbonyl (C=O) groups excluding carboxylic acids is 1. The molecule has 0 aromatic heterocycles. The number of aliphatic carboxylic acids is 1. The fourth-order valence-electron chi connectivity index (χ4n) is 3.12. The molecule has 0 aliphatic carbocycles. The number of amides is 2. The molecular formula is C15H28N2O3. The van der Waals surface area contributed by atoms with Crippen molar-refractivity contribution >= 4 is 12.0 Å². The lowest BCUT2D eigenvalue weighted by molar-refractivity contribution is -0.148. The Morgan fingerprint density at radius 3 is 2.40 bits per heavy atom. The van der Waals surface area contributed by atoms with Crippen molar-refractivity contribution < 1.29 is 14.7 Å². The second kappa shape index (κ2) is 6.46. The van der Waals surface area contributed by atoms with E-state index in [-0.39, 0.29) is 12.1 Å². The first-order valence-electron chi connectivity index (χ1n) is 7.54. The molecule has 0 bridgehead atoms. The molecule has 0 aromatic carbocycles. The van der Waals surface area contributed by atoms with E-state index < -0.39 is 11.5 Å². The zero-order chi connectivity index (χ0) is 15.5. The molecule has 1 heterocycles. The van der Waals surface area contributed by atoms with Crippen LogP contribution < -0.4 is 0 Å². The molecule has 2 atom stereocenters. The van der Waals surface area contributed by atoms with Crippen molar-refractivity contribution in [3.8, 4) is 0 Å². The molecule has 2 amide bonds. The average Bonchev–Trinajstić information content (AvgIpc) is 2.81. The summed E-state index contributed by atoms with van der Waals surface area (Å²) in [6.45, 7) is 8.65. The minimum Gasteiger partial charge on any atom is -0.479 e. The first-order valence-corrected chi connectivity index (χ1v) is 7.54. The van der Waals surface area contributed by atoms with Crippen LogP contribution in [0.1, 0.15) is 53.4 Å². The predicted octanol–water partition coefficient (Wildman–Crippen LogP) is 2.80. The Labute approximate surface area is 121 Å². The number of hydrogen-bond acceptors (Lipinski definition) is 2. The molecule has 1 saturated heterocycles. The SMILES string of the molecule is CCC1(C(=O)O)CCCN1C(=O)N(C)C(C)CC(C)C. The molecule has 1 aliphatic rings. The van der Waals surface area contributed by atoms with Crippen LogP contribution in [-0.2, 0) is 4.79 Å². The minimum absolute atomic E-state index is 0.117. The first kappa shape index (κ1) is 16.8. The van der Waals surface area contributed by atoms with Crippen LogP contribution in [0.5, 0.6) is 0 Å². The minimum atomic E-state index is -1.01. The lowest BCUT2D eigenvalue weighted by Crippen LogP contribution is -2.57. The van der Waals surface area contributed by atoms with E-state index in [1.165, 1.54) is 0 Å². The Balaban J connectivity index is 2.87. The van der Waals surface area contributed by atoms with Crippen molar-refractivity contribution in [1.29, 1.82) is 0 Å². The Kier molecular flexibility index (Phi) is 5.42. The maximum atomic E-state index is 12.6. The summed E-state index contributed by atoms with van der Waals surface area (Å²) in [6, 6.07) is -0.0358. The second-order valence-electron chi connectivity index (χ2n) is 6.32. The van der Waals surface area contributed by atoms with Gasteiger partial charge in [0.15, 0.2) is 0 Å². The topological polar surface area (TPSA) is 60.9 Å². The van der Waals surface area contributed by atoms with Gasteiger partial charge in [-0.3, -0.25) is 0 Å². The largest absolute Gasteiger partial charge is 0.479 e. The number of carbonyl (C=O) groups is 2. The smallest absolute Gasteiger partial charge is 0.329 e. The maximum Gasteiger partial charge on any atom is 0.329 e. The van der Waals surface area contributed by atoms with Crippen molar-refractivity contribution in [2.75, 3.05) is 13.6 Å². The summed E-state index contributed by atoms with van der Waals surface area (Å²) >= 11 is 0. The number of carboxylic acids is 1. The molecule has 0 spiro atoms. The van der Waals surface area contributed by atoms with Gasteiger partial charge in [0.05, 0.1) is 0 Å². The van der Waals surface area contributed by atoms with Crippen LogP contribution in [0.3, 0.4) is 0 Å². The average molecular weight is 284 g/mol. The highest BCUT2D eigenvalue weighted by molar-refractivity contribution is 5.87. The number of nitrogens with zero attached hydrogens (tertiary/aromatic N) is 2. The Morgan fingerprint density at radius 2 is 1.95 bits per heavy atom. The van der Waals surface area contributed by atoms with Gasteiger partial charge in [-0.1, -0.05) is 20.8 Å². The van der Waals surface area contributed by atoms with Gasteiger partial charge in [-0.15, -0.1) is 0 Å². The van der Waals surface area contributed by atoms with E-state index in [4.69, 9.17) is 0 Å². The summed E-state index contributed by atoms with van der Waals surface area (Å²) in [5.41, 5.74) is -1.01. The summed E-state index contributed by atoms with van der Waals surface area (Å²) in [5.74, 6) is -0.370. The van der Waals surface area contributed by atoms with Gasteiger partial charge in [0.25, 0.3) is 0 Å². The molecule has 116 valence electrons. The number of carboxylic acid groups (broad SMARTS) is 1. The molecule has 0 aromatic rings. The fraction of sp³-hybridized carbons (Fsp3) is 0.867. The van der Waals surface area contributed by atoms with Crippen molar-refractivity contribution in [2.24, 2.45) is 5.92 Å². The van der Waals surface area contributed by atoms with Crippen LogP contribution in [-0.4, -0.2) is 52.1 Å². The highest BCUT2D eigenvalue weighted by Gasteiger charge is 2.49. The van der Waals surface area contributed by atoms with Crippen LogP contribution in [0, 0.1) is 5.92 Å². The van der Waals surface area contributed by atoms with Crippen LogP contribution in [0.2, 0.25) is 0 Å². The Bertz CT molecular complexity index is 370. The van der Waals surface area contributed by atoms with Gasteiger partial charge in [0.1, 0.15) is 5.54 Å². The van der Waals surface area contributed by atoms with E-state index in [9.17, 15) is 14.7 Å². The maximum absolute atomic E-state index is 12.6. The number of likely N-dealkylation sites (tertiary alicyclic amines) is 1. The predicted molar refractivity (Wildman–Crippen MR) is 78.7 cm³/mol. The molecule has 0 radical (unpaired) electrons. The van der Waals surface area contributed by atoms with Crippen molar-refractivity contribution in [3.63, 3.8) is 0 Å². The normalized spacial score (nSPS) is 24.0. The molecule has 5 nitrogen and oxygen atoms in total. The first-order chi connectivity index (χ1) is 9.26. The van der Waals surface area contributed by atoms with Gasteiger partial charge < -0.3 is 14.9 Å². The number of hydrogen-bond donors (Lipinski definition) is 1. The van der Waals surface area contributed by atoms with Crippen molar-refractivity contribution in [2.45, 2.75) is 65.0 Å². The number of urea groups is 1. The van der Waals surface area contributed by atoms with Crippen molar-refractivity contribution in [3.05, 3.63) is 0 Å². The van der Waals surface area contributed by atoms with E-state index in [1.807, 2.05) is 13.8 Å². The quantitative estimate of drug-likeness (QED) is 0.844. The summed E-state index contributed by atoms with van der Waals surface area (Å²) in [7, 11) is 1.77. The molecule has 1 rings (SSSR count). The third-order valence-electron chi connectivity index (χ3n) is 4.48.